The summed E-state index contributed by atoms with van der Waals surface area (Å²) in [6, 6.07) is 22.4. The summed E-state index contributed by atoms with van der Waals surface area (Å²) >= 11 is 1.73. The summed E-state index contributed by atoms with van der Waals surface area (Å²) in [5, 5.41) is 13.4. The van der Waals surface area contributed by atoms with Crippen molar-refractivity contribution in [2.75, 3.05) is 0 Å². The highest BCUT2D eigenvalue weighted by Gasteiger charge is 2.07. The molecule has 124 valence electrons. The van der Waals surface area contributed by atoms with E-state index in [1.165, 1.54) is 11.1 Å². The number of thioether (sulfide) groups is 1. The molecule has 2 heterocycles. The number of fused-ring (bicyclic) bond motifs is 1. The minimum Gasteiger partial charge on any atom is -0.494 e. The van der Waals surface area contributed by atoms with Gasteiger partial charge in [-0.05, 0) is 29.3 Å². The highest BCUT2D eigenvalue weighted by atomic mass is 32.2. The van der Waals surface area contributed by atoms with Gasteiger partial charge < -0.3 is 9.67 Å². The van der Waals surface area contributed by atoms with Crippen molar-refractivity contribution < 1.29 is 5.11 Å². The molecule has 4 heteroatoms. The monoisotopic (exact) mass is 346 g/mol. The Morgan fingerprint density at radius 2 is 1.64 bits per heavy atom. The Bertz CT molecular complexity index is 978. The Labute approximate surface area is 151 Å². The first-order chi connectivity index (χ1) is 12.3. The number of pyridine rings is 1. The van der Waals surface area contributed by atoms with Gasteiger partial charge in [-0.2, -0.15) is 0 Å². The van der Waals surface area contributed by atoms with Crippen LogP contribution in [0.4, 0.5) is 0 Å². The molecule has 25 heavy (non-hydrogen) atoms. The SMILES string of the molecule is Oc1c2ccccc2cn1Cc1ccc(CSc2ccccn2)cc1. The Kier molecular flexibility index (Phi) is 4.44. The molecule has 4 aromatic rings. The molecular formula is C21H18N2OS. The average Bonchev–Trinajstić information content (AvgIpc) is 2.98. The molecule has 0 aliphatic carbocycles. The molecular weight excluding hydrogens is 328 g/mol. The lowest BCUT2D eigenvalue weighted by Crippen LogP contribution is -1.97. The van der Waals surface area contributed by atoms with Gasteiger partial charge in [0.05, 0.1) is 11.6 Å². The fourth-order valence-corrected chi connectivity index (χ4v) is 3.66. The molecule has 4 rings (SSSR count). The van der Waals surface area contributed by atoms with Crippen molar-refractivity contribution >= 4 is 22.5 Å². The first kappa shape index (κ1) is 15.8. The number of aromatic hydroxyl groups is 1. The van der Waals surface area contributed by atoms with Crippen molar-refractivity contribution in [3.63, 3.8) is 0 Å². The molecule has 3 nitrogen and oxygen atoms in total. The highest BCUT2D eigenvalue weighted by Crippen LogP contribution is 2.27. The van der Waals surface area contributed by atoms with Gasteiger partial charge in [0.2, 0.25) is 0 Å². The van der Waals surface area contributed by atoms with E-state index in [1.807, 2.05) is 59.4 Å². The zero-order valence-corrected chi connectivity index (χ0v) is 14.5. The molecule has 0 aliphatic rings. The van der Waals surface area contributed by atoms with E-state index in [0.29, 0.717) is 12.4 Å². The van der Waals surface area contributed by atoms with Crippen LogP contribution in [-0.2, 0) is 12.3 Å². The molecule has 0 atom stereocenters. The first-order valence-electron chi connectivity index (χ1n) is 8.18. The summed E-state index contributed by atoms with van der Waals surface area (Å²) in [7, 11) is 0. The molecule has 1 N–H and O–H groups in total. The number of hydrogen-bond acceptors (Lipinski definition) is 3. The third kappa shape index (κ3) is 3.54. The van der Waals surface area contributed by atoms with Gasteiger partial charge in [0.25, 0.3) is 0 Å². The van der Waals surface area contributed by atoms with Crippen LogP contribution in [0.5, 0.6) is 5.88 Å². The van der Waals surface area contributed by atoms with Gasteiger partial charge in [-0.1, -0.05) is 48.5 Å². The zero-order valence-electron chi connectivity index (χ0n) is 13.7. The van der Waals surface area contributed by atoms with Crippen LogP contribution < -0.4 is 0 Å². The summed E-state index contributed by atoms with van der Waals surface area (Å²) in [6.07, 6.45) is 3.81. The summed E-state index contributed by atoms with van der Waals surface area (Å²) in [6.45, 7) is 0.661. The van der Waals surface area contributed by atoms with Crippen LogP contribution in [0.1, 0.15) is 11.1 Å². The van der Waals surface area contributed by atoms with Crippen molar-refractivity contribution in [2.45, 2.75) is 17.3 Å². The van der Waals surface area contributed by atoms with E-state index >= 15 is 0 Å². The van der Waals surface area contributed by atoms with E-state index in [9.17, 15) is 5.11 Å². The normalized spacial score (nSPS) is 11.0. The average molecular weight is 346 g/mol. The maximum atomic E-state index is 10.4. The van der Waals surface area contributed by atoms with Crippen LogP contribution in [-0.4, -0.2) is 14.7 Å². The molecule has 0 saturated carbocycles. The predicted octanol–water partition coefficient (Wildman–Crippen LogP) is 5.08. The van der Waals surface area contributed by atoms with Crippen LogP contribution >= 0.6 is 11.8 Å². The molecule has 2 aromatic carbocycles. The quantitative estimate of drug-likeness (QED) is 0.512. The molecule has 0 radical (unpaired) electrons. The third-order valence-corrected chi connectivity index (χ3v) is 5.18. The van der Waals surface area contributed by atoms with Gasteiger partial charge in [-0.15, -0.1) is 11.8 Å². The Morgan fingerprint density at radius 1 is 0.880 bits per heavy atom. The van der Waals surface area contributed by atoms with E-state index < -0.39 is 0 Å². The van der Waals surface area contributed by atoms with Gasteiger partial charge in [-0.3, -0.25) is 0 Å². The molecule has 2 aromatic heterocycles. The Hall–Kier alpha value is -2.72. The fraction of sp³-hybridized carbons (Fsp3) is 0.0952. The summed E-state index contributed by atoms with van der Waals surface area (Å²) in [4.78, 5) is 4.33. The van der Waals surface area contributed by atoms with Crippen molar-refractivity contribution in [1.82, 2.24) is 9.55 Å². The molecule has 0 bridgehead atoms. The van der Waals surface area contributed by atoms with Crippen LogP contribution in [0.25, 0.3) is 10.8 Å². The second-order valence-electron chi connectivity index (χ2n) is 5.94. The molecule has 0 saturated heterocycles. The second kappa shape index (κ2) is 7.03. The molecule has 0 unspecified atom stereocenters. The van der Waals surface area contributed by atoms with Gasteiger partial charge in [0, 0.05) is 28.9 Å². The highest BCUT2D eigenvalue weighted by molar-refractivity contribution is 7.98. The van der Waals surface area contributed by atoms with E-state index in [2.05, 4.69) is 29.2 Å². The molecule has 0 fully saturated rings. The fourth-order valence-electron chi connectivity index (χ4n) is 2.84. The van der Waals surface area contributed by atoms with Gasteiger partial charge in [0.15, 0.2) is 5.88 Å². The van der Waals surface area contributed by atoms with Crippen LogP contribution in [0.2, 0.25) is 0 Å². The molecule has 0 aliphatic heterocycles. The Balaban J connectivity index is 1.45. The summed E-state index contributed by atoms with van der Waals surface area (Å²) in [5.74, 6) is 1.22. The lowest BCUT2D eigenvalue weighted by molar-refractivity contribution is 0.430. The summed E-state index contributed by atoms with van der Waals surface area (Å²) < 4.78 is 1.89. The third-order valence-electron chi connectivity index (χ3n) is 4.17. The van der Waals surface area contributed by atoms with Crippen molar-refractivity contribution in [2.24, 2.45) is 0 Å². The van der Waals surface area contributed by atoms with Gasteiger partial charge in [-0.25, -0.2) is 4.98 Å². The van der Waals surface area contributed by atoms with Gasteiger partial charge >= 0.3 is 0 Å². The molecule has 0 amide bonds. The first-order valence-corrected chi connectivity index (χ1v) is 9.17. The lowest BCUT2D eigenvalue weighted by atomic mass is 10.1. The lowest BCUT2D eigenvalue weighted by Gasteiger charge is -2.07. The van der Waals surface area contributed by atoms with Crippen molar-refractivity contribution in [3.8, 4) is 5.88 Å². The number of nitrogens with zero attached hydrogens (tertiary/aromatic N) is 2. The number of benzene rings is 2. The van der Waals surface area contributed by atoms with E-state index in [0.717, 1.165) is 21.6 Å². The number of hydrogen-bond donors (Lipinski definition) is 1. The number of aromatic nitrogens is 2. The van der Waals surface area contributed by atoms with E-state index in [4.69, 9.17) is 0 Å². The minimum atomic E-state index is 0.324. The topological polar surface area (TPSA) is 38.0 Å². The van der Waals surface area contributed by atoms with Crippen molar-refractivity contribution in [3.05, 3.63) is 90.3 Å². The minimum absolute atomic E-state index is 0.324. The summed E-state index contributed by atoms with van der Waals surface area (Å²) in [5.41, 5.74) is 2.43. The van der Waals surface area contributed by atoms with E-state index in [1.54, 1.807) is 11.8 Å². The van der Waals surface area contributed by atoms with Crippen LogP contribution in [0.3, 0.4) is 0 Å². The van der Waals surface area contributed by atoms with Crippen LogP contribution in [0, 0.1) is 0 Å². The largest absolute Gasteiger partial charge is 0.494 e. The smallest absolute Gasteiger partial charge is 0.199 e. The number of rotatable bonds is 5. The molecule has 0 spiro atoms. The maximum Gasteiger partial charge on any atom is 0.199 e. The van der Waals surface area contributed by atoms with Crippen molar-refractivity contribution in [1.29, 1.82) is 0 Å². The van der Waals surface area contributed by atoms with Gasteiger partial charge in [0.1, 0.15) is 0 Å². The van der Waals surface area contributed by atoms with Crippen LogP contribution in [0.15, 0.2) is 84.1 Å². The predicted molar refractivity (Wildman–Crippen MR) is 103 cm³/mol. The zero-order chi connectivity index (χ0) is 17.1. The second-order valence-corrected chi connectivity index (χ2v) is 6.94. The Morgan fingerprint density at radius 3 is 2.40 bits per heavy atom. The van der Waals surface area contributed by atoms with E-state index in [-0.39, 0.29) is 0 Å². The maximum absolute atomic E-state index is 10.4. The standard InChI is InChI=1S/C21H18N2OS/c24-21-19-6-2-1-5-18(19)14-23(21)13-16-8-10-17(11-9-16)15-25-20-7-3-4-12-22-20/h1-12,14,24H,13,15H2.